The zero-order chi connectivity index (χ0) is 15.0. The number of anilines is 1. The van der Waals surface area contributed by atoms with Gasteiger partial charge in [-0.1, -0.05) is 0 Å². The van der Waals surface area contributed by atoms with Gasteiger partial charge in [0.25, 0.3) is 5.91 Å². The first-order chi connectivity index (χ1) is 10.1. The molecule has 2 N–H and O–H groups in total. The van der Waals surface area contributed by atoms with Gasteiger partial charge in [-0.15, -0.1) is 0 Å². The van der Waals surface area contributed by atoms with Gasteiger partial charge in [-0.2, -0.15) is 0 Å². The van der Waals surface area contributed by atoms with Crippen molar-refractivity contribution in [3.05, 3.63) is 30.1 Å². The number of nitrogens with one attached hydrogen (secondary N) is 1. The lowest BCUT2D eigenvalue weighted by molar-refractivity contribution is -0.920. The van der Waals surface area contributed by atoms with Crippen LogP contribution in [0.2, 0.25) is 0 Å². The number of imide groups is 1. The van der Waals surface area contributed by atoms with Crippen LogP contribution in [0, 0.1) is 5.82 Å². The Balaban J connectivity index is 1.77. The molecule has 2 aliphatic heterocycles. The molecular formula is C15H18FN2O3+. The second-order valence-corrected chi connectivity index (χ2v) is 5.69. The van der Waals surface area contributed by atoms with Crippen molar-refractivity contribution in [1.82, 2.24) is 0 Å². The van der Waals surface area contributed by atoms with Crippen molar-refractivity contribution in [2.24, 2.45) is 0 Å². The van der Waals surface area contributed by atoms with Gasteiger partial charge in [-0.05, 0) is 24.3 Å². The highest BCUT2D eigenvalue weighted by Gasteiger charge is 2.46. The number of piperidine rings is 1. The van der Waals surface area contributed by atoms with Crippen LogP contribution < -0.4 is 9.80 Å². The fourth-order valence-corrected chi connectivity index (χ4v) is 3.13. The molecule has 0 bridgehead atoms. The Hall–Kier alpha value is -1.79. The van der Waals surface area contributed by atoms with Crippen LogP contribution in [-0.2, 0) is 9.59 Å². The zero-order valence-corrected chi connectivity index (χ0v) is 11.6. The molecule has 6 heteroatoms. The molecule has 1 atom stereocenters. The van der Waals surface area contributed by atoms with Gasteiger partial charge in [-0.3, -0.25) is 9.59 Å². The summed E-state index contributed by atoms with van der Waals surface area (Å²) in [7, 11) is 0. The topological polar surface area (TPSA) is 62.1 Å². The summed E-state index contributed by atoms with van der Waals surface area (Å²) in [6, 6.07) is 5.00. The molecule has 2 fully saturated rings. The highest BCUT2D eigenvalue weighted by atomic mass is 19.1. The summed E-state index contributed by atoms with van der Waals surface area (Å²) < 4.78 is 13.0. The van der Waals surface area contributed by atoms with Crippen LogP contribution in [0.25, 0.3) is 0 Å². The lowest BCUT2D eigenvalue weighted by Crippen LogP contribution is -3.17. The first-order valence-electron chi connectivity index (χ1n) is 7.21. The summed E-state index contributed by atoms with van der Waals surface area (Å²) >= 11 is 0. The van der Waals surface area contributed by atoms with E-state index >= 15 is 0 Å². The Kier molecular flexibility index (Phi) is 3.73. The summed E-state index contributed by atoms with van der Waals surface area (Å²) in [5.41, 5.74) is 0.422. The molecule has 3 rings (SSSR count). The summed E-state index contributed by atoms with van der Waals surface area (Å²) in [5.74, 6) is -0.863. The van der Waals surface area contributed by atoms with Gasteiger partial charge >= 0.3 is 0 Å². The van der Waals surface area contributed by atoms with E-state index in [0.717, 1.165) is 9.80 Å². The second-order valence-electron chi connectivity index (χ2n) is 5.69. The quantitative estimate of drug-likeness (QED) is 0.723. The van der Waals surface area contributed by atoms with Gasteiger partial charge in [0.05, 0.1) is 31.3 Å². The average Bonchev–Trinajstić information content (AvgIpc) is 2.76. The van der Waals surface area contributed by atoms with Crippen molar-refractivity contribution in [3.8, 4) is 0 Å². The maximum atomic E-state index is 13.0. The standard InChI is InChI=1S/C15H17FN2O3/c16-10-1-3-11(4-2-10)18-14(20)9-13(15(18)21)17-7-5-12(19)6-8-17/h1-4,12-13,19H,5-9H2/p+1/t13-/m1/s1. The molecule has 0 saturated carbocycles. The highest BCUT2D eigenvalue weighted by molar-refractivity contribution is 6.21. The normalized spacial score (nSPS) is 30.0. The van der Waals surface area contributed by atoms with Crippen molar-refractivity contribution in [3.63, 3.8) is 0 Å². The van der Waals surface area contributed by atoms with Gasteiger partial charge in [0.15, 0.2) is 6.04 Å². The predicted molar refractivity (Wildman–Crippen MR) is 73.2 cm³/mol. The molecule has 2 saturated heterocycles. The van der Waals surface area contributed by atoms with Crippen molar-refractivity contribution in [2.75, 3.05) is 18.0 Å². The Labute approximate surface area is 122 Å². The first-order valence-corrected chi connectivity index (χ1v) is 7.21. The number of halogens is 1. The van der Waals surface area contributed by atoms with Crippen LogP contribution in [0.15, 0.2) is 24.3 Å². The van der Waals surface area contributed by atoms with E-state index in [4.69, 9.17) is 0 Å². The number of benzene rings is 1. The number of likely N-dealkylation sites (tertiary alicyclic amines) is 1. The molecule has 0 spiro atoms. The van der Waals surface area contributed by atoms with Gasteiger partial charge in [0.2, 0.25) is 5.91 Å². The van der Waals surface area contributed by atoms with Crippen LogP contribution in [-0.4, -0.2) is 42.2 Å². The van der Waals surface area contributed by atoms with E-state index in [0.29, 0.717) is 31.6 Å². The Morgan fingerprint density at radius 1 is 1.14 bits per heavy atom. The van der Waals surface area contributed by atoms with E-state index in [1.54, 1.807) is 0 Å². The number of nitrogens with zero attached hydrogens (tertiary/aromatic N) is 1. The molecular weight excluding hydrogens is 275 g/mol. The lowest BCUT2D eigenvalue weighted by atomic mass is 10.1. The predicted octanol–water partition coefficient (Wildman–Crippen LogP) is -0.503. The monoisotopic (exact) mass is 293 g/mol. The number of rotatable bonds is 2. The molecule has 2 aliphatic rings. The number of carbonyl (C=O) groups is 2. The van der Waals surface area contributed by atoms with Crippen molar-refractivity contribution in [2.45, 2.75) is 31.4 Å². The highest BCUT2D eigenvalue weighted by Crippen LogP contribution is 2.22. The molecule has 2 amide bonds. The van der Waals surface area contributed by atoms with E-state index in [1.807, 2.05) is 0 Å². The third-order valence-corrected chi connectivity index (χ3v) is 4.32. The van der Waals surface area contributed by atoms with Crippen LogP contribution in [0.4, 0.5) is 10.1 Å². The van der Waals surface area contributed by atoms with Gasteiger partial charge in [0.1, 0.15) is 5.82 Å². The number of aliphatic hydroxyl groups is 1. The summed E-state index contributed by atoms with van der Waals surface area (Å²) in [6.45, 7) is 1.39. The molecule has 5 nitrogen and oxygen atoms in total. The van der Waals surface area contributed by atoms with Crippen LogP contribution in [0.1, 0.15) is 19.3 Å². The third kappa shape index (κ3) is 2.69. The van der Waals surface area contributed by atoms with Crippen molar-refractivity contribution in [1.29, 1.82) is 0 Å². The van der Waals surface area contributed by atoms with Gasteiger partial charge in [-0.25, -0.2) is 9.29 Å². The Morgan fingerprint density at radius 3 is 2.38 bits per heavy atom. The van der Waals surface area contributed by atoms with Crippen LogP contribution in [0.3, 0.4) is 0 Å². The minimum absolute atomic E-state index is 0.182. The van der Waals surface area contributed by atoms with Crippen LogP contribution in [0.5, 0.6) is 0 Å². The van der Waals surface area contributed by atoms with E-state index in [9.17, 15) is 19.1 Å². The first kappa shape index (κ1) is 14.2. The number of carbonyl (C=O) groups excluding carboxylic acids is 2. The molecule has 112 valence electrons. The summed E-state index contributed by atoms with van der Waals surface area (Å²) in [4.78, 5) is 26.9. The molecule has 1 aromatic rings. The van der Waals surface area contributed by atoms with Gasteiger partial charge < -0.3 is 10.0 Å². The number of quaternary nitrogens is 1. The largest absolute Gasteiger partial charge is 0.393 e. The SMILES string of the molecule is O=C1C[C@@H]([NH+]2CCC(O)CC2)C(=O)N1c1ccc(F)cc1. The van der Waals surface area contributed by atoms with E-state index < -0.39 is 5.82 Å². The minimum atomic E-state index is -0.398. The molecule has 2 heterocycles. The summed E-state index contributed by atoms with van der Waals surface area (Å²) in [5, 5.41) is 9.53. The Morgan fingerprint density at radius 2 is 1.76 bits per heavy atom. The number of hydrogen-bond acceptors (Lipinski definition) is 3. The average molecular weight is 293 g/mol. The molecule has 0 aliphatic carbocycles. The minimum Gasteiger partial charge on any atom is -0.393 e. The fraction of sp³-hybridized carbons (Fsp3) is 0.467. The molecule has 21 heavy (non-hydrogen) atoms. The molecule has 1 aromatic carbocycles. The number of amides is 2. The van der Waals surface area contributed by atoms with E-state index in [2.05, 4.69) is 0 Å². The van der Waals surface area contributed by atoms with E-state index in [-0.39, 0.29) is 30.4 Å². The Bertz CT molecular complexity index is 553. The lowest BCUT2D eigenvalue weighted by Gasteiger charge is -2.29. The van der Waals surface area contributed by atoms with E-state index in [1.165, 1.54) is 24.3 Å². The van der Waals surface area contributed by atoms with Crippen molar-refractivity contribution < 1.29 is 24.0 Å². The maximum Gasteiger partial charge on any atom is 0.292 e. The smallest absolute Gasteiger partial charge is 0.292 e. The van der Waals surface area contributed by atoms with Crippen molar-refractivity contribution >= 4 is 17.5 Å². The van der Waals surface area contributed by atoms with Crippen LogP contribution >= 0.6 is 0 Å². The number of aliphatic hydroxyl groups excluding tert-OH is 1. The summed E-state index contributed by atoms with van der Waals surface area (Å²) in [6.07, 6.45) is 1.20. The zero-order valence-electron chi connectivity index (χ0n) is 11.6. The molecule has 0 aromatic heterocycles. The van der Waals surface area contributed by atoms with Gasteiger partial charge in [0, 0.05) is 12.8 Å². The molecule has 0 unspecified atom stereocenters. The number of hydrogen-bond donors (Lipinski definition) is 2. The maximum absolute atomic E-state index is 13.0. The second kappa shape index (κ2) is 5.54. The third-order valence-electron chi connectivity index (χ3n) is 4.32. The fourth-order valence-electron chi connectivity index (χ4n) is 3.13. The molecule has 0 radical (unpaired) electrons.